The van der Waals surface area contributed by atoms with Gasteiger partial charge in [-0.2, -0.15) is 0 Å². The van der Waals surface area contributed by atoms with Crippen LogP contribution >= 0.6 is 0 Å². The fraction of sp³-hybridized carbons (Fsp3) is 0.333. The van der Waals surface area contributed by atoms with Crippen LogP contribution < -0.4 is 10.2 Å². The summed E-state index contributed by atoms with van der Waals surface area (Å²) in [6.45, 7) is 0.154. The second-order valence-electron chi connectivity index (χ2n) is 3.16. The lowest BCUT2D eigenvalue weighted by atomic mass is 10.4. The van der Waals surface area contributed by atoms with Gasteiger partial charge in [0.15, 0.2) is 0 Å². The topological polar surface area (TPSA) is 88.4 Å². The summed E-state index contributed by atoms with van der Waals surface area (Å²) in [7, 11) is 3.23. The number of pyridine rings is 1. The van der Waals surface area contributed by atoms with Crippen molar-refractivity contribution in [2.75, 3.05) is 25.5 Å². The minimum absolute atomic E-state index is 0.0721. The monoisotopic (exact) mass is 224 g/mol. The molecule has 0 saturated carbocycles. The van der Waals surface area contributed by atoms with Crippen LogP contribution in [0.5, 0.6) is 0 Å². The molecule has 0 unspecified atom stereocenters. The number of anilines is 1. The third-order valence-electron chi connectivity index (χ3n) is 1.99. The Bertz CT molecular complexity index is 390. The van der Waals surface area contributed by atoms with Crippen LogP contribution in [0.3, 0.4) is 0 Å². The van der Waals surface area contributed by atoms with Gasteiger partial charge in [-0.15, -0.1) is 0 Å². The van der Waals surface area contributed by atoms with E-state index in [0.717, 1.165) is 6.20 Å². The number of rotatable bonds is 4. The molecule has 0 saturated heterocycles. The van der Waals surface area contributed by atoms with E-state index in [0.29, 0.717) is 5.82 Å². The summed E-state index contributed by atoms with van der Waals surface area (Å²) >= 11 is 0. The zero-order valence-corrected chi connectivity index (χ0v) is 9.01. The van der Waals surface area contributed by atoms with Crippen molar-refractivity contribution >= 4 is 17.4 Å². The molecule has 0 bridgehead atoms. The van der Waals surface area contributed by atoms with Crippen LogP contribution in [-0.4, -0.2) is 36.5 Å². The molecular weight excluding hydrogens is 212 g/mol. The first-order chi connectivity index (χ1) is 7.54. The minimum atomic E-state index is -0.518. The highest BCUT2D eigenvalue weighted by molar-refractivity contribution is 5.80. The Morgan fingerprint density at radius 3 is 2.75 bits per heavy atom. The van der Waals surface area contributed by atoms with Gasteiger partial charge in [-0.25, -0.2) is 4.98 Å². The molecule has 0 aromatic carbocycles. The van der Waals surface area contributed by atoms with Crippen LogP contribution in [0.15, 0.2) is 18.3 Å². The zero-order valence-electron chi connectivity index (χ0n) is 9.01. The quantitative estimate of drug-likeness (QED) is 0.581. The van der Waals surface area contributed by atoms with Crippen molar-refractivity contribution in [3.8, 4) is 0 Å². The molecule has 7 heteroatoms. The predicted octanol–water partition coefficient (Wildman–Crippen LogP) is 0.172. The number of carbonyl (C=O) groups is 1. The summed E-state index contributed by atoms with van der Waals surface area (Å²) in [6, 6.07) is 2.85. The third-order valence-corrected chi connectivity index (χ3v) is 1.99. The standard InChI is InChI=1S/C9H12N4O3/c1-10-9(14)6-12(2)8-4-3-7(5-11-8)13(15)16/h3-5H,6H2,1-2H3,(H,10,14). The van der Waals surface area contributed by atoms with E-state index in [2.05, 4.69) is 10.3 Å². The van der Waals surface area contributed by atoms with Crippen molar-refractivity contribution in [2.45, 2.75) is 0 Å². The lowest BCUT2D eigenvalue weighted by Crippen LogP contribution is -2.33. The molecule has 0 atom stereocenters. The number of hydrogen-bond acceptors (Lipinski definition) is 5. The summed E-state index contributed by atoms with van der Waals surface area (Å²) in [5.41, 5.74) is -0.0721. The molecule has 1 aromatic heterocycles. The SMILES string of the molecule is CNC(=O)CN(C)c1ccc([N+](=O)[O-])cn1. The number of likely N-dealkylation sites (N-methyl/N-ethyl adjacent to an activating group) is 2. The lowest BCUT2D eigenvalue weighted by Gasteiger charge is -2.16. The normalized spacial score (nSPS) is 9.62. The molecule has 1 aromatic rings. The van der Waals surface area contributed by atoms with Crippen molar-refractivity contribution in [1.29, 1.82) is 0 Å². The predicted molar refractivity (Wildman–Crippen MR) is 58.2 cm³/mol. The van der Waals surface area contributed by atoms with Crippen molar-refractivity contribution in [3.63, 3.8) is 0 Å². The van der Waals surface area contributed by atoms with Crippen LogP contribution in [0.1, 0.15) is 0 Å². The summed E-state index contributed by atoms with van der Waals surface area (Å²) in [5, 5.41) is 12.9. The summed E-state index contributed by atoms with van der Waals surface area (Å²) in [6.07, 6.45) is 1.16. The van der Waals surface area contributed by atoms with Gasteiger partial charge in [0.05, 0.1) is 11.5 Å². The number of carbonyl (C=O) groups excluding carboxylic acids is 1. The minimum Gasteiger partial charge on any atom is -0.358 e. The van der Waals surface area contributed by atoms with Gasteiger partial charge in [0.1, 0.15) is 12.0 Å². The van der Waals surface area contributed by atoms with Gasteiger partial charge in [-0.05, 0) is 6.07 Å². The molecule has 16 heavy (non-hydrogen) atoms. The molecule has 1 heterocycles. The van der Waals surface area contributed by atoms with Crippen molar-refractivity contribution in [2.24, 2.45) is 0 Å². The maximum atomic E-state index is 11.1. The second kappa shape index (κ2) is 5.06. The maximum Gasteiger partial charge on any atom is 0.287 e. The molecule has 0 fully saturated rings. The Labute approximate surface area is 92.2 Å². The number of amides is 1. The second-order valence-corrected chi connectivity index (χ2v) is 3.16. The summed E-state index contributed by atoms with van der Waals surface area (Å²) in [5.74, 6) is 0.358. The molecule has 0 aliphatic carbocycles. The van der Waals surface area contributed by atoms with Crippen LogP contribution in [0, 0.1) is 10.1 Å². The lowest BCUT2D eigenvalue weighted by molar-refractivity contribution is -0.385. The fourth-order valence-electron chi connectivity index (χ4n) is 1.09. The number of nitro groups is 1. The number of hydrogen-bond donors (Lipinski definition) is 1. The first-order valence-corrected chi connectivity index (χ1v) is 4.56. The largest absolute Gasteiger partial charge is 0.358 e. The smallest absolute Gasteiger partial charge is 0.287 e. The van der Waals surface area contributed by atoms with E-state index in [4.69, 9.17) is 0 Å². The van der Waals surface area contributed by atoms with Crippen molar-refractivity contribution < 1.29 is 9.72 Å². The Morgan fingerprint density at radius 2 is 2.31 bits per heavy atom. The zero-order chi connectivity index (χ0) is 12.1. The number of nitrogens with zero attached hydrogens (tertiary/aromatic N) is 3. The van der Waals surface area contributed by atoms with Crippen LogP contribution in [0.25, 0.3) is 0 Å². The molecule has 0 aliphatic heterocycles. The Morgan fingerprint density at radius 1 is 1.62 bits per heavy atom. The number of aromatic nitrogens is 1. The van der Waals surface area contributed by atoms with E-state index >= 15 is 0 Å². The van der Waals surface area contributed by atoms with Crippen molar-refractivity contribution in [3.05, 3.63) is 28.4 Å². The van der Waals surface area contributed by atoms with Crippen LogP contribution in [0.2, 0.25) is 0 Å². The molecular formula is C9H12N4O3. The Hall–Kier alpha value is -2.18. The average Bonchev–Trinajstić information content (AvgIpc) is 2.28. The van der Waals surface area contributed by atoms with E-state index in [1.165, 1.54) is 12.1 Å². The van der Waals surface area contributed by atoms with Gasteiger partial charge in [0.25, 0.3) is 5.69 Å². The first-order valence-electron chi connectivity index (χ1n) is 4.56. The molecule has 0 aliphatic rings. The van der Waals surface area contributed by atoms with E-state index in [1.54, 1.807) is 19.0 Å². The highest BCUT2D eigenvalue weighted by Crippen LogP contribution is 2.14. The number of nitrogens with one attached hydrogen (secondary N) is 1. The van der Waals surface area contributed by atoms with Gasteiger partial charge < -0.3 is 10.2 Å². The maximum absolute atomic E-state index is 11.1. The van der Waals surface area contributed by atoms with Gasteiger partial charge >= 0.3 is 0 Å². The van der Waals surface area contributed by atoms with Gasteiger partial charge in [0, 0.05) is 20.2 Å². The highest BCUT2D eigenvalue weighted by atomic mass is 16.6. The fourth-order valence-corrected chi connectivity index (χ4v) is 1.09. The molecule has 86 valence electrons. The molecule has 0 spiro atoms. The van der Waals surface area contributed by atoms with Gasteiger partial charge in [0.2, 0.25) is 5.91 Å². The van der Waals surface area contributed by atoms with Crippen LogP contribution in [-0.2, 0) is 4.79 Å². The third kappa shape index (κ3) is 2.91. The van der Waals surface area contributed by atoms with E-state index < -0.39 is 4.92 Å². The molecule has 7 nitrogen and oxygen atoms in total. The van der Waals surface area contributed by atoms with E-state index in [9.17, 15) is 14.9 Å². The molecule has 0 radical (unpaired) electrons. The molecule has 1 N–H and O–H groups in total. The first kappa shape index (κ1) is 11.9. The molecule has 1 amide bonds. The van der Waals surface area contributed by atoms with Crippen molar-refractivity contribution in [1.82, 2.24) is 10.3 Å². The Kier molecular flexibility index (Phi) is 3.76. The Balaban J connectivity index is 2.73. The van der Waals surface area contributed by atoms with Crippen LogP contribution in [0.4, 0.5) is 11.5 Å². The van der Waals surface area contributed by atoms with E-state index in [1.807, 2.05) is 0 Å². The van der Waals surface area contributed by atoms with Gasteiger partial charge in [-0.1, -0.05) is 0 Å². The molecule has 1 rings (SSSR count). The van der Waals surface area contributed by atoms with E-state index in [-0.39, 0.29) is 18.1 Å². The summed E-state index contributed by atoms with van der Waals surface area (Å²) < 4.78 is 0. The average molecular weight is 224 g/mol. The highest BCUT2D eigenvalue weighted by Gasteiger charge is 2.09. The van der Waals surface area contributed by atoms with Gasteiger partial charge in [-0.3, -0.25) is 14.9 Å². The summed E-state index contributed by atoms with van der Waals surface area (Å²) in [4.78, 5) is 26.4.